The van der Waals surface area contributed by atoms with E-state index in [1.165, 1.54) is 24.3 Å². The molecule has 8 nitrogen and oxygen atoms in total. The van der Waals surface area contributed by atoms with Crippen molar-refractivity contribution in [3.8, 4) is 23.1 Å². The molecule has 1 N–H and O–H groups in total. The van der Waals surface area contributed by atoms with Crippen molar-refractivity contribution in [1.82, 2.24) is 0 Å². The molecule has 0 unspecified atom stereocenters. The molecule has 162 valence electrons. The van der Waals surface area contributed by atoms with E-state index in [1.807, 2.05) is 13.0 Å². The van der Waals surface area contributed by atoms with Crippen molar-refractivity contribution in [2.45, 2.75) is 6.92 Å². The Morgan fingerprint density at radius 1 is 1.34 bits per heavy atom. The Morgan fingerprint density at radius 2 is 2.12 bits per heavy atom. The van der Waals surface area contributed by atoms with Gasteiger partial charge in [-0.05, 0) is 53.2 Å². The second kappa shape index (κ2) is 10.1. The number of nitriles is 1. The van der Waals surface area contributed by atoms with Crippen molar-refractivity contribution >= 4 is 50.9 Å². The second-order valence-electron chi connectivity index (χ2n) is 6.34. The lowest BCUT2D eigenvalue weighted by Crippen LogP contribution is -2.13. The molecule has 32 heavy (non-hydrogen) atoms. The first-order chi connectivity index (χ1) is 15.3. The van der Waals surface area contributed by atoms with Crippen LogP contribution in [0.25, 0.3) is 17.4 Å². The lowest BCUT2D eigenvalue weighted by Gasteiger charge is -2.07. The average molecular weight is 517 g/mol. The van der Waals surface area contributed by atoms with Crippen LogP contribution >= 0.6 is 27.5 Å². The molecule has 0 aliphatic heterocycles. The Balaban J connectivity index is 1.84. The summed E-state index contributed by atoms with van der Waals surface area (Å²) in [4.78, 5) is 23.2. The number of nitrogens with zero attached hydrogens (tertiary/aromatic N) is 2. The molecule has 0 atom stereocenters. The minimum Gasteiger partial charge on any atom is -0.494 e. The molecule has 0 bridgehead atoms. The quantitative estimate of drug-likeness (QED) is 0.172. The van der Waals surface area contributed by atoms with Gasteiger partial charge in [0.2, 0.25) is 0 Å². The molecule has 1 amide bonds. The summed E-state index contributed by atoms with van der Waals surface area (Å²) in [6.45, 7) is 2.33. The highest BCUT2D eigenvalue weighted by atomic mass is 79.9. The van der Waals surface area contributed by atoms with Gasteiger partial charge in [-0.2, -0.15) is 5.26 Å². The molecule has 0 saturated carbocycles. The normalized spacial score (nSPS) is 11.0. The van der Waals surface area contributed by atoms with Crippen molar-refractivity contribution < 1.29 is 18.9 Å². The van der Waals surface area contributed by atoms with Crippen LogP contribution in [0.1, 0.15) is 12.7 Å². The zero-order valence-corrected chi connectivity index (χ0v) is 18.9. The van der Waals surface area contributed by atoms with Crippen molar-refractivity contribution in [2.75, 3.05) is 11.9 Å². The number of anilines is 1. The molecular weight excluding hydrogens is 502 g/mol. The van der Waals surface area contributed by atoms with Crippen molar-refractivity contribution in [2.24, 2.45) is 0 Å². The lowest BCUT2D eigenvalue weighted by molar-refractivity contribution is -0.385. The number of benzene rings is 2. The van der Waals surface area contributed by atoms with Crippen LogP contribution in [0.15, 0.2) is 63.0 Å². The monoisotopic (exact) mass is 515 g/mol. The van der Waals surface area contributed by atoms with E-state index in [0.717, 1.165) is 0 Å². The van der Waals surface area contributed by atoms with Gasteiger partial charge in [0.25, 0.3) is 11.6 Å². The number of hydrogen-bond donors (Lipinski definition) is 1. The van der Waals surface area contributed by atoms with Gasteiger partial charge in [0.05, 0.1) is 16.6 Å². The zero-order valence-electron chi connectivity index (χ0n) is 16.6. The number of ether oxygens (including phenoxy) is 1. The number of rotatable bonds is 7. The van der Waals surface area contributed by atoms with Gasteiger partial charge in [-0.15, -0.1) is 0 Å². The number of nitro benzene ring substituents is 1. The highest BCUT2D eigenvalue weighted by molar-refractivity contribution is 9.10. The van der Waals surface area contributed by atoms with Gasteiger partial charge in [0.15, 0.2) is 0 Å². The molecule has 1 heterocycles. The smallest absolute Gasteiger partial charge is 0.285 e. The first-order valence-corrected chi connectivity index (χ1v) is 10.4. The fraction of sp³-hybridized carbons (Fsp3) is 0.0909. The number of carbonyl (C=O) groups is 1. The Hall–Kier alpha value is -3.61. The number of amides is 1. The van der Waals surface area contributed by atoms with Gasteiger partial charge < -0.3 is 14.5 Å². The van der Waals surface area contributed by atoms with Gasteiger partial charge in [-0.25, -0.2) is 0 Å². The minimum absolute atomic E-state index is 0.147. The number of carbonyl (C=O) groups excluding carboxylic acids is 1. The molecule has 0 saturated heterocycles. The Bertz CT molecular complexity index is 1260. The third-order valence-electron chi connectivity index (χ3n) is 4.17. The maximum absolute atomic E-state index is 12.5. The number of nitro groups is 1. The van der Waals surface area contributed by atoms with Crippen molar-refractivity contribution in [3.05, 3.63) is 79.5 Å². The highest BCUT2D eigenvalue weighted by Crippen LogP contribution is 2.37. The van der Waals surface area contributed by atoms with Crippen molar-refractivity contribution in [1.29, 1.82) is 5.26 Å². The van der Waals surface area contributed by atoms with Gasteiger partial charge >= 0.3 is 0 Å². The van der Waals surface area contributed by atoms with Crippen LogP contribution in [0, 0.1) is 21.4 Å². The van der Waals surface area contributed by atoms with E-state index in [-0.39, 0.29) is 32.3 Å². The Kier molecular flexibility index (Phi) is 7.30. The molecule has 1 aromatic heterocycles. The largest absolute Gasteiger partial charge is 0.494 e. The fourth-order valence-corrected chi connectivity index (χ4v) is 3.34. The Labute approximate surface area is 196 Å². The molecule has 3 rings (SSSR count). The van der Waals surface area contributed by atoms with Crippen LogP contribution in [-0.4, -0.2) is 17.4 Å². The molecule has 0 aliphatic carbocycles. The van der Waals surface area contributed by atoms with Crippen LogP contribution < -0.4 is 10.1 Å². The summed E-state index contributed by atoms with van der Waals surface area (Å²) in [6.07, 6.45) is 1.28. The third kappa shape index (κ3) is 5.35. The fourth-order valence-electron chi connectivity index (χ4n) is 2.75. The number of hydrogen-bond acceptors (Lipinski definition) is 6. The molecular formula is C22H15BrClN3O5. The SMILES string of the molecule is CCOc1cccc(NC(=O)/C(C#N)=C\c2ccc(-c3cc(Cl)c(Br)c([N+](=O)[O-])c3)o2)c1. The van der Waals surface area contributed by atoms with Crippen LogP contribution in [-0.2, 0) is 4.79 Å². The van der Waals surface area contributed by atoms with Crippen LogP contribution in [0.2, 0.25) is 5.02 Å². The van der Waals surface area contributed by atoms with Crippen LogP contribution in [0.3, 0.4) is 0 Å². The van der Waals surface area contributed by atoms with Gasteiger partial charge in [0.1, 0.15) is 33.4 Å². The molecule has 0 aliphatic rings. The van der Waals surface area contributed by atoms with Crippen LogP contribution in [0.4, 0.5) is 11.4 Å². The van der Waals surface area contributed by atoms with E-state index in [9.17, 15) is 20.2 Å². The number of halogens is 2. The topological polar surface area (TPSA) is 118 Å². The van der Waals surface area contributed by atoms with Gasteiger partial charge in [-0.1, -0.05) is 17.7 Å². The predicted octanol–water partition coefficient (Wildman–Crippen LogP) is 6.22. The summed E-state index contributed by atoms with van der Waals surface area (Å²) in [5, 5.41) is 23.4. The molecule has 0 spiro atoms. The number of furan rings is 1. The molecule has 10 heteroatoms. The first-order valence-electron chi connectivity index (χ1n) is 9.22. The summed E-state index contributed by atoms with van der Waals surface area (Å²) in [5.41, 5.74) is 0.444. The summed E-state index contributed by atoms with van der Waals surface area (Å²) in [6, 6.07) is 14.6. The van der Waals surface area contributed by atoms with E-state index in [0.29, 0.717) is 23.6 Å². The summed E-state index contributed by atoms with van der Waals surface area (Å²) in [5.74, 6) is 0.472. The molecule has 2 aromatic carbocycles. The maximum atomic E-state index is 12.5. The van der Waals surface area contributed by atoms with E-state index in [4.69, 9.17) is 20.8 Å². The minimum atomic E-state index is -0.624. The summed E-state index contributed by atoms with van der Waals surface area (Å²) >= 11 is 9.15. The lowest BCUT2D eigenvalue weighted by atomic mass is 10.1. The molecule has 3 aromatic rings. The number of nitrogens with one attached hydrogen (secondary N) is 1. The van der Waals surface area contributed by atoms with E-state index < -0.39 is 10.8 Å². The van der Waals surface area contributed by atoms with Crippen molar-refractivity contribution in [3.63, 3.8) is 0 Å². The van der Waals surface area contributed by atoms with Gasteiger partial charge in [-0.3, -0.25) is 14.9 Å². The van der Waals surface area contributed by atoms with E-state index >= 15 is 0 Å². The summed E-state index contributed by atoms with van der Waals surface area (Å²) < 4.78 is 11.2. The predicted molar refractivity (Wildman–Crippen MR) is 123 cm³/mol. The first kappa shape index (κ1) is 23.1. The van der Waals surface area contributed by atoms with E-state index in [2.05, 4.69) is 21.2 Å². The molecule has 0 radical (unpaired) electrons. The van der Waals surface area contributed by atoms with E-state index in [1.54, 1.807) is 30.3 Å². The second-order valence-corrected chi connectivity index (χ2v) is 7.54. The average Bonchev–Trinajstić information content (AvgIpc) is 3.22. The standard InChI is InChI=1S/C22H15BrClN3O5/c1-2-31-16-5-3-4-15(11-16)26-22(28)14(12-25)8-17-6-7-20(32-17)13-9-18(24)21(23)19(10-13)27(29)30/h3-11H,2H2,1H3,(H,26,28)/b14-8-. The summed E-state index contributed by atoms with van der Waals surface area (Å²) in [7, 11) is 0. The Morgan fingerprint density at radius 3 is 2.81 bits per heavy atom. The molecule has 0 fully saturated rings. The maximum Gasteiger partial charge on any atom is 0.285 e. The highest BCUT2D eigenvalue weighted by Gasteiger charge is 2.19. The third-order valence-corrected chi connectivity index (χ3v) is 5.53. The zero-order chi connectivity index (χ0) is 23.3. The van der Waals surface area contributed by atoms with Gasteiger partial charge in [0, 0.05) is 29.5 Å². The van der Waals surface area contributed by atoms with Crippen LogP contribution in [0.5, 0.6) is 5.75 Å².